The van der Waals surface area contributed by atoms with Crippen LogP contribution in [0.4, 0.5) is 23.4 Å². The van der Waals surface area contributed by atoms with Gasteiger partial charge in [0.1, 0.15) is 23.5 Å². The predicted octanol–water partition coefficient (Wildman–Crippen LogP) is 4.29. The molecule has 2 heterocycles. The first kappa shape index (κ1) is 16.5. The standard InChI is InChI=1S/C17H16F4N2O/c18-13-1-3-14(4-2-13)24-15-6-9-23(10-7-15)16-11-12(5-8-22-16)17(19,20)21/h1-5,8,11,15H,6-7,9-10H2. The van der Waals surface area contributed by atoms with Crippen LogP contribution >= 0.6 is 0 Å². The number of rotatable bonds is 3. The lowest BCUT2D eigenvalue weighted by Gasteiger charge is -2.33. The lowest BCUT2D eigenvalue weighted by atomic mass is 10.1. The van der Waals surface area contributed by atoms with E-state index in [1.165, 1.54) is 18.3 Å². The van der Waals surface area contributed by atoms with Gasteiger partial charge in [-0.15, -0.1) is 0 Å². The first-order valence-corrected chi connectivity index (χ1v) is 7.62. The fraction of sp³-hybridized carbons (Fsp3) is 0.353. The van der Waals surface area contributed by atoms with Crippen molar-refractivity contribution < 1.29 is 22.3 Å². The van der Waals surface area contributed by atoms with Crippen LogP contribution in [0.5, 0.6) is 5.75 Å². The number of nitrogens with zero attached hydrogens (tertiary/aromatic N) is 2. The van der Waals surface area contributed by atoms with Crippen molar-refractivity contribution in [3.63, 3.8) is 0 Å². The lowest BCUT2D eigenvalue weighted by Crippen LogP contribution is -2.38. The van der Waals surface area contributed by atoms with E-state index in [1.807, 2.05) is 4.90 Å². The maximum atomic E-state index is 12.9. The molecule has 1 aliphatic heterocycles. The summed E-state index contributed by atoms with van der Waals surface area (Å²) < 4.78 is 57.0. The van der Waals surface area contributed by atoms with E-state index in [4.69, 9.17) is 4.74 Å². The average Bonchev–Trinajstić information content (AvgIpc) is 2.57. The number of benzene rings is 1. The number of halogens is 4. The molecule has 3 nitrogen and oxygen atoms in total. The van der Waals surface area contributed by atoms with E-state index < -0.39 is 11.7 Å². The van der Waals surface area contributed by atoms with Crippen LogP contribution in [0, 0.1) is 5.82 Å². The molecule has 24 heavy (non-hydrogen) atoms. The second-order valence-corrected chi connectivity index (χ2v) is 5.66. The number of piperidine rings is 1. The summed E-state index contributed by atoms with van der Waals surface area (Å²) >= 11 is 0. The van der Waals surface area contributed by atoms with E-state index in [1.54, 1.807) is 12.1 Å². The smallest absolute Gasteiger partial charge is 0.416 e. The summed E-state index contributed by atoms with van der Waals surface area (Å²) in [5.41, 5.74) is -0.697. The van der Waals surface area contributed by atoms with Crippen molar-refractivity contribution in [2.75, 3.05) is 18.0 Å². The molecule has 1 fully saturated rings. The summed E-state index contributed by atoms with van der Waals surface area (Å²) in [6, 6.07) is 7.83. The molecule has 1 aliphatic rings. The van der Waals surface area contributed by atoms with Crippen LogP contribution < -0.4 is 9.64 Å². The topological polar surface area (TPSA) is 25.4 Å². The highest BCUT2D eigenvalue weighted by atomic mass is 19.4. The zero-order valence-corrected chi connectivity index (χ0v) is 12.8. The van der Waals surface area contributed by atoms with Gasteiger partial charge < -0.3 is 9.64 Å². The number of hydrogen-bond donors (Lipinski definition) is 0. The molecule has 1 aromatic heterocycles. The van der Waals surface area contributed by atoms with Crippen LogP contribution in [0.2, 0.25) is 0 Å². The van der Waals surface area contributed by atoms with E-state index in [-0.39, 0.29) is 11.9 Å². The largest absolute Gasteiger partial charge is 0.490 e. The zero-order valence-electron chi connectivity index (χ0n) is 12.8. The highest BCUT2D eigenvalue weighted by molar-refractivity contribution is 5.42. The number of anilines is 1. The van der Waals surface area contributed by atoms with Gasteiger partial charge in [0.05, 0.1) is 5.56 Å². The Morgan fingerprint density at radius 3 is 2.33 bits per heavy atom. The summed E-state index contributed by atoms with van der Waals surface area (Å²) in [6.07, 6.45) is -1.91. The Hall–Kier alpha value is -2.31. The SMILES string of the molecule is Fc1ccc(OC2CCN(c3cc(C(F)(F)F)ccn3)CC2)cc1. The van der Waals surface area contributed by atoms with Crippen LogP contribution in [-0.4, -0.2) is 24.2 Å². The Kier molecular flexibility index (Phi) is 4.59. The predicted molar refractivity (Wildman–Crippen MR) is 81.5 cm³/mol. The third-order valence-electron chi connectivity index (χ3n) is 3.96. The molecule has 0 radical (unpaired) electrons. The van der Waals surface area contributed by atoms with Crippen LogP contribution in [0.25, 0.3) is 0 Å². The summed E-state index contributed by atoms with van der Waals surface area (Å²) in [5, 5.41) is 0. The van der Waals surface area contributed by atoms with Crippen molar-refractivity contribution >= 4 is 5.82 Å². The molecule has 3 rings (SSSR count). The molecule has 0 N–H and O–H groups in total. The number of ether oxygens (including phenoxy) is 1. The van der Waals surface area contributed by atoms with Crippen molar-refractivity contribution in [1.29, 1.82) is 0 Å². The zero-order chi connectivity index (χ0) is 17.2. The molecular weight excluding hydrogens is 324 g/mol. The molecule has 0 atom stereocenters. The Labute approximate surface area is 136 Å². The number of pyridine rings is 1. The van der Waals surface area contributed by atoms with E-state index in [2.05, 4.69) is 4.98 Å². The summed E-state index contributed by atoms with van der Waals surface area (Å²) in [4.78, 5) is 5.86. The van der Waals surface area contributed by atoms with Crippen LogP contribution in [0.15, 0.2) is 42.6 Å². The molecular formula is C17H16F4N2O. The third kappa shape index (κ3) is 3.96. The maximum Gasteiger partial charge on any atom is 0.416 e. The Balaban J connectivity index is 1.60. The van der Waals surface area contributed by atoms with Gasteiger partial charge in [0, 0.05) is 32.1 Å². The van der Waals surface area contributed by atoms with E-state index >= 15 is 0 Å². The maximum absolute atomic E-state index is 12.9. The van der Waals surface area contributed by atoms with Gasteiger partial charge >= 0.3 is 6.18 Å². The van der Waals surface area contributed by atoms with Crippen LogP contribution in [0.3, 0.4) is 0 Å². The quantitative estimate of drug-likeness (QED) is 0.780. The van der Waals surface area contributed by atoms with E-state index in [0.717, 1.165) is 12.1 Å². The summed E-state index contributed by atoms with van der Waals surface area (Å²) in [5.74, 6) is 0.588. The number of alkyl halides is 3. The molecule has 2 aromatic rings. The molecule has 128 valence electrons. The van der Waals surface area contributed by atoms with Crippen molar-refractivity contribution in [2.24, 2.45) is 0 Å². The highest BCUT2D eigenvalue weighted by Gasteiger charge is 2.31. The molecule has 0 aliphatic carbocycles. The number of hydrogen-bond acceptors (Lipinski definition) is 3. The van der Waals surface area contributed by atoms with Gasteiger partial charge in [-0.1, -0.05) is 0 Å². The Bertz CT molecular complexity index is 680. The molecule has 0 saturated carbocycles. The van der Waals surface area contributed by atoms with Gasteiger partial charge in [-0.25, -0.2) is 9.37 Å². The van der Waals surface area contributed by atoms with Gasteiger partial charge in [-0.05, 0) is 36.4 Å². The highest BCUT2D eigenvalue weighted by Crippen LogP contribution is 2.31. The molecule has 0 spiro atoms. The second-order valence-electron chi connectivity index (χ2n) is 5.66. The molecule has 1 aromatic carbocycles. The van der Waals surface area contributed by atoms with Crippen LogP contribution in [0.1, 0.15) is 18.4 Å². The Morgan fingerprint density at radius 2 is 1.71 bits per heavy atom. The fourth-order valence-electron chi connectivity index (χ4n) is 2.68. The second kappa shape index (κ2) is 6.67. The normalized spacial score (nSPS) is 16.2. The minimum absolute atomic E-state index is 0.0440. The molecule has 7 heteroatoms. The fourth-order valence-corrected chi connectivity index (χ4v) is 2.68. The lowest BCUT2D eigenvalue weighted by molar-refractivity contribution is -0.137. The molecule has 0 unspecified atom stereocenters. The summed E-state index contributed by atoms with van der Waals surface area (Å²) in [6.45, 7) is 1.11. The van der Waals surface area contributed by atoms with Crippen molar-refractivity contribution in [1.82, 2.24) is 4.98 Å². The van der Waals surface area contributed by atoms with Crippen molar-refractivity contribution in [3.05, 3.63) is 54.0 Å². The molecule has 0 bridgehead atoms. The minimum atomic E-state index is -4.37. The summed E-state index contributed by atoms with van der Waals surface area (Å²) in [7, 11) is 0. The first-order chi connectivity index (χ1) is 11.4. The van der Waals surface area contributed by atoms with Gasteiger partial charge in [-0.2, -0.15) is 13.2 Å². The van der Waals surface area contributed by atoms with Crippen LogP contribution in [-0.2, 0) is 6.18 Å². The van der Waals surface area contributed by atoms with Gasteiger partial charge in [0.2, 0.25) is 0 Å². The van der Waals surface area contributed by atoms with E-state index in [9.17, 15) is 17.6 Å². The first-order valence-electron chi connectivity index (χ1n) is 7.62. The van der Waals surface area contributed by atoms with Gasteiger partial charge in [0.15, 0.2) is 0 Å². The van der Waals surface area contributed by atoms with Crippen molar-refractivity contribution in [3.8, 4) is 5.75 Å². The number of aromatic nitrogens is 1. The third-order valence-corrected chi connectivity index (χ3v) is 3.96. The average molecular weight is 340 g/mol. The van der Waals surface area contributed by atoms with Gasteiger partial charge in [-0.3, -0.25) is 0 Å². The molecule has 0 amide bonds. The minimum Gasteiger partial charge on any atom is -0.490 e. The monoisotopic (exact) mass is 340 g/mol. The Morgan fingerprint density at radius 1 is 1.04 bits per heavy atom. The van der Waals surface area contributed by atoms with E-state index in [0.29, 0.717) is 37.5 Å². The molecule has 1 saturated heterocycles. The van der Waals surface area contributed by atoms with Crippen molar-refractivity contribution in [2.45, 2.75) is 25.1 Å². The van der Waals surface area contributed by atoms with Gasteiger partial charge in [0.25, 0.3) is 0 Å².